The molecule has 168 valence electrons. The highest BCUT2D eigenvalue weighted by molar-refractivity contribution is 7.98. The van der Waals surface area contributed by atoms with Crippen LogP contribution in [-0.4, -0.2) is 45.5 Å². The molecule has 0 spiro atoms. The lowest BCUT2D eigenvalue weighted by molar-refractivity contribution is 0.521. The maximum absolute atomic E-state index is 12.5. The van der Waals surface area contributed by atoms with Gasteiger partial charge in [0.15, 0.2) is 5.16 Å². The normalized spacial score (nSPS) is 12.2. The number of nitrogens with zero attached hydrogens (tertiary/aromatic N) is 5. The SMILES string of the molecule is CCCCn1c(SCc2cc(=O)n(C)c(=O)n2C)nc2cc(S(=O)(=O)N(C)C)ccc21. The van der Waals surface area contributed by atoms with Crippen molar-refractivity contribution in [3.63, 3.8) is 0 Å². The van der Waals surface area contributed by atoms with Gasteiger partial charge in [0.25, 0.3) is 5.56 Å². The molecular weight excluding hydrogens is 438 g/mol. The van der Waals surface area contributed by atoms with Crippen LogP contribution < -0.4 is 11.2 Å². The molecule has 0 aliphatic rings. The molecule has 0 fully saturated rings. The molecule has 0 saturated heterocycles. The quantitative estimate of drug-likeness (QED) is 0.470. The van der Waals surface area contributed by atoms with Crippen molar-refractivity contribution in [1.29, 1.82) is 0 Å². The Morgan fingerprint density at radius 2 is 1.81 bits per heavy atom. The van der Waals surface area contributed by atoms with Crippen molar-refractivity contribution in [3.05, 3.63) is 50.8 Å². The van der Waals surface area contributed by atoms with Gasteiger partial charge in [-0.25, -0.2) is 22.5 Å². The van der Waals surface area contributed by atoms with Crippen molar-refractivity contribution in [2.75, 3.05) is 14.1 Å². The minimum Gasteiger partial charge on any atom is -0.319 e. The Kier molecular flexibility index (Phi) is 6.77. The Morgan fingerprint density at radius 3 is 2.45 bits per heavy atom. The number of rotatable bonds is 8. The minimum atomic E-state index is -3.56. The number of thioether (sulfide) groups is 1. The predicted octanol–water partition coefficient (Wildman–Crippen LogP) is 1.78. The van der Waals surface area contributed by atoms with E-state index in [4.69, 9.17) is 0 Å². The molecule has 2 heterocycles. The molecule has 3 aromatic rings. The summed E-state index contributed by atoms with van der Waals surface area (Å²) in [6.07, 6.45) is 1.95. The average Bonchev–Trinajstić information content (AvgIpc) is 3.08. The predicted molar refractivity (Wildman–Crippen MR) is 122 cm³/mol. The van der Waals surface area contributed by atoms with E-state index in [1.54, 1.807) is 25.2 Å². The summed E-state index contributed by atoms with van der Waals surface area (Å²) in [5, 5.41) is 0.718. The maximum atomic E-state index is 12.5. The summed E-state index contributed by atoms with van der Waals surface area (Å²) in [5.41, 5.74) is 1.33. The number of imidazole rings is 1. The number of benzene rings is 1. The van der Waals surface area contributed by atoms with Gasteiger partial charge in [-0.1, -0.05) is 25.1 Å². The maximum Gasteiger partial charge on any atom is 0.330 e. The summed E-state index contributed by atoms with van der Waals surface area (Å²) in [4.78, 5) is 29.1. The first-order valence-electron chi connectivity index (χ1n) is 9.89. The third-order valence-electron chi connectivity index (χ3n) is 5.17. The molecule has 0 bridgehead atoms. The van der Waals surface area contributed by atoms with Crippen LogP contribution in [0.5, 0.6) is 0 Å². The number of fused-ring (bicyclic) bond motifs is 1. The molecule has 1 aromatic carbocycles. The van der Waals surface area contributed by atoms with Crippen molar-refractivity contribution in [1.82, 2.24) is 23.0 Å². The van der Waals surface area contributed by atoms with Gasteiger partial charge in [0.1, 0.15) is 0 Å². The molecule has 0 aliphatic heterocycles. The van der Waals surface area contributed by atoms with Crippen LogP contribution >= 0.6 is 11.8 Å². The molecule has 9 nitrogen and oxygen atoms in total. The lowest BCUT2D eigenvalue weighted by atomic mass is 10.3. The monoisotopic (exact) mass is 465 g/mol. The molecule has 0 radical (unpaired) electrons. The second kappa shape index (κ2) is 9.01. The van der Waals surface area contributed by atoms with Crippen LogP contribution in [0.15, 0.2) is 43.9 Å². The summed E-state index contributed by atoms with van der Waals surface area (Å²) in [6.45, 7) is 2.84. The minimum absolute atomic E-state index is 0.190. The van der Waals surface area contributed by atoms with E-state index in [-0.39, 0.29) is 16.1 Å². The lowest BCUT2D eigenvalue weighted by Gasteiger charge is -2.12. The number of sulfonamides is 1. The van der Waals surface area contributed by atoms with E-state index in [1.807, 2.05) is 0 Å². The summed E-state index contributed by atoms with van der Waals surface area (Å²) in [5.74, 6) is 0.389. The summed E-state index contributed by atoms with van der Waals surface area (Å²) < 4.78 is 30.8. The van der Waals surface area contributed by atoms with Crippen LogP contribution in [0.4, 0.5) is 0 Å². The Bertz CT molecular complexity index is 1340. The Labute approximate surface area is 185 Å². The fraction of sp³-hybridized carbons (Fsp3) is 0.450. The first kappa shape index (κ1) is 23.3. The van der Waals surface area contributed by atoms with Crippen LogP contribution in [0.1, 0.15) is 25.5 Å². The Balaban J connectivity index is 2.03. The van der Waals surface area contributed by atoms with E-state index in [9.17, 15) is 18.0 Å². The van der Waals surface area contributed by atoms with E-state index in [0.29, 0.717) is 17.0 Å². The summed E-state index contributed by atoms with van der Waals surface area (Å²) in [6, 6.07) is 6.42. The van der Waals surface area contributed by atoms with Crippen LogP contribution in [0, 0.1) is 0 Å². The molecule has 31 heavy (non-hydrogen) atoms. The second-order valence-electron chi connectivity index (χ2n) is 7.50. The fourth-order valence-corrected chi connectivity index (χ4v) is 5.14. The topological polar surface area (TPSA) is 99.2 Å². The van der Waals surface area contributed by atoms with Crippen molar-refractivity contribution in [2.24, 2.45) is 14.1 Å². The first-order valence-corrected chi connectivity index (χ1v) is 12.3. The zero-order valence-electron chi connectivity index (χ0n) is 18.3. The third-order valence-corrected chi connectivity index (χ3v) is 7.99. The molecule has 0 atom stereocenters. The highest BCUT2D eigenvalue weighted by Crippen LogP contribution is 2.29. The van der Waals surface area contributed by atoms with E-state index in [0.717, 1.165) is 34.6 Å². The van der Waals surface area contributed by atoms with Gasteiger partial charge in [-0.2, -0.15) is 0 Å². The molecule has 0 N–H and O–H groups in total. The fourth-order valence-electron chi connectivity index (χ4n) is 3.16. The van der Waals surface area contributed by atoms with E-state index >= 15 is 0 Å². The Morgan fingerprint density at radius 1 is 1.10 bits per heavy atom. The zero-order chi connectivity index (χ0) is 22.9. The van der Waals surface area contributed by atoms with Crippen molar-refractivity contribution in [2.45, 2.75) is 42.1 Å². The average molecular weight is 466 g/mol. The highest BCUT2D eigenvalue weighted by Gasteiger charge is 2.20. The molecule has 3 rings (SSSR count). The van der Waals surface area contributed by atoms with Crippen molar-refractivity contribution >= 4 is 32.8 Å². The standard InChI is InChI=1S/C20H27N5O4S2/c1-6-7-10-25-17-9-8-15(31(28,29)22(2)3)12-16(17)21-19(25)30-13-14-11-18(26)24(5)20(27)23(14)4/h8-9,11-12H,6-7,10,13H2,1-5H3. The number of hydrogen-bond donors (Lipinski definition) is 0. The number of aryl methyl sites for hydroxylation is 1. The number of hydrogen-bond acceptors (Lipinski definition) is 6. The van der Waals surface area contributed by atoms with Gasteiger partial charge in [-0.3, -0.25) is 13.9 Å². The molecule has 0 saturated carbocycles. The molecule has 2 aromatic heterocycles. The van der Waals surface area contributed by atoms with Crippen molar-refractivity contribution in [3.8, 4) is 0 Å². The van der Waals surface area contributed by atoms with Crippen LogP contribution in [0.25, 0.3) is 11.0 Å². The first-order chi connectivity index (χ1) is 14.6. The highest BCUT2D eigenvalue weighted by atomic mass is 32.2. The second-order valence-corrected chi connectivity index (χ2v) is 10.6. The number of aromatic nitrogens is 4. The smallest absolute Gasteiger partial charge is 0.319 e. The zero-order valence-corrected chi connectivity index (χ0v) is 20.0. The van der Waals surface area contributed by atoms with Gasteiger partial charge in [0.2, 0.25) is 10.0 Å². The van der Waals surface area contributed by atoms with Gasteiger partial charge in [-0.15, -0.1) is 0 Å². The third kappa shape index (κ3) is 4.48. The molecule has 0 unspecified atom stereocenters. The lowest BCUT2D eigenvalue weighted by Crippen LogP contribution is -2.37. The van der Waals surface area contributed by atoms with Gasteiger partial charge < -0.3 is 4.57 Å². The van der Waals surface area contributed by atoms with Crippen LogP contribution in [0.2, 0.25) is 0 Å². The molecule has 11 heteroatoms. The van der Waals surface area contributed by atoms with Crippen molar-refractivity contribution < 1.29 is 8.42 Å². The molecular formula is C20H27N5O4S2. The number of unbranched alkanes of at least 4 members (excludes halogenated alkanes) is 1. The van der Waals surface area contributed by atoms with Crippen LogP contribution in [0.3, 0.4) is 0 Å². The summed E-state index contributed by atoms with van der Waals surface area (Å²) >= 11 is 1.42. The summed E-state index contributed by atoms with van der Waals surface area (Å²) in [7, 11) is 2.51. The van der Waals surface area contributed by atoms with Crippen LogP contribution in [-0.2, 0) is 36.4 Å². The molecule has 0 aliphatic carbocycles. The van der Waals surface area contributed by atoms with Gasteiger partial charge in [-0.05, 0) is 24.6 Å². The van der Waals surface area contributed by atoms with E-state index < -0.39 is 10.0 Å². The molecule has 0 amide bonds. The Hall–Kier alpha value is -2.37. The van der Waals surface area contributed by atoms with E-state index in [2.05, 4.69) is 16.5 Å². The van der Waals surface area contributed by atoms with Gasteiger partial charge in [0, 0.05) is 52.2 Å². The van der Waals surface area contributed by atoms with Gasteiger partial charge >= 0.3 is 5.69 Å². The largest absolute Gasteiger partial charge is 0.330 e. The van der Waals surface area contributed by atoms with Gasteiger partial charge in [0.05, 0.1) is 15.9 Å². The van der Waals surface area contributed by atoms with E-state index in [1.165, 1.54) is 47.8 Å².